The van der Waals surface area contributed by atoms with E-state index in [1.807, 2.05) is 18.4 Å². The molecule has 0 saturated carbocycles. The number of nitrogens with one attached hydrogen (secondary N) is 1. The summed E-state index contributed by atoms with van der Waals surface area (Å²) < 4.78 is 0. The van der Waals surface area contributed by atoms with E-state index in [-0.39, 0.29) is 0 Å². The molecule has 1 aromatic carbocycles. The number of rotatable bonds is 4. The van der Waals surface area contributed by atoms with Crippen LogP contribution < -0.4 is 5.32 Å². The van der Waals surface area contributed by atoms with Gasteiger partial charge in [0.05, 0.1) is 0 Å². The summed E-state index contributed by atoms with van der Waals surface area (Å²) in [5.41, 5.74) is 2.77. The molecule has 0 fully saturated rings. The SMILES string of the molecule is CNCc1csc(Cc2ccccc2)c1. The zero-order valence-corrected chi connectivity index (χ0v) is 9.68. The van der Waals surface area contributed by atoms with Gasteiger partial charge in [0.25, 0.3) is 0 Å². The van der Waals surface area contributed by atoms with E-state index < -0.39 is 0 Å². The van der Waals surface area contributed by atoms with Crippen LogP contribution in [0.3, 0.4) is 0 Å². The van der Waals surface area contributed by atoms with Gasteiger partial charge in [0, 0.05) is 17.8 Å². The van der Waals surface area contributed by atoms with Gasteiger partial charge in [-0.15, -0.1) is 11.3 Å². The van der Waals surface area contributed by atoms with Crippen LogP contribution in [0.15, 0.2) is 41.8 Å². The predicted molar refractivity (Wildman–Crippen MR) is 66.3 cm³/mol. The molecule has 0 saturated heterocycles. The van der Waals surface area contributed by atoms with Gasteiger partial charge in [-0.3, -0.25) is 0 Å². The fraction of sp³-hybridized carbons (Fsp3) is 0.231. The maximum Gasteiger partial charge on any atom is 0.0210 e. The van der Waals surface area contributed by atoms with Gasteiger partial charge in [-0.1, -0.05) is 30.3 Å². The second-order valence-corrected chi connectivity index (χ2v) is 4.61. The van der Waals surface area contributed by atoms with Crippen LogP contribution in [-0.4, -0.2) is 7.05 Å². The number of hydrogen-bond donors (Lipinski definition) is 1. The normalized spacial score (nSPS) is 10.5. The Hall–Kier alpha value is -1.12. The van der Waals surface area contributed by atoms with E-state index in [0.717, 1.165) is 13.0 Å². The molecule has 1 nitrogen and oxygen atoms in total. The highest BCUT2D eigenvalue weighted by Crippen LogP contribution is 2.18. The molecule has 0 aliphatic rings. The van der Waals surface area contributed by atoms with Crippen molar-refractivity contribution in [1.29, 1.82) is 0 Å². The van der Waals surface area contributed by atoms with Gasteiger partial charge in [0.15, 0.2) is 0 Å². The van der Waals surface area contributed by atoms with Crippen LogP contribution in [-0.2, 0) is 13.0 Å². The van der Waals surface area contributed by atoms with Crippen LogP contribution in [0.2, 0.25) is 0 Å². The first kappa shape index (κ1) is 10.4. The van der Waals surface area contributed by atoms with Crippen LogP contribution in [0, 0.1) is 0 Å². The summed E-state index contributed by atoms with van der Waals surface area (Å²) in [6.07, 6.45) is 1.05. The lowest BCUT2D eigenvalue weighted by molar-refractivity contribution is 0.820. The summed E-state index contributed by atoms with van der Waals surface area (Å²) in [4.78, 5) is 1.44. The molecule has 0 radical (unpaired) electrons. The molecule has 0 atom stereocenters. The maximum atomic E-state index is 3.17. The molecular weight excluding hydrogens is 202 g/mol. The smallest absolute Gasteiger partial charge is 0.0210 e. The minimum Gasteiger partial charge on any atom is -0.316 e. The number of benzene rings is 1. The summed E-state index contributed by atoms with van der Waals surface area (Å²) in [5, 5.41) is 5.40. The summed E-state index contributed by atoms with van der Waals surface area (Å²) >= 11 is 1.84. The first-order valence-electron chi connectivity index (χ1n) is 5.13. The fourth-order valence-corrected chi connectivity index (χ4v) is 2.54. The van der Waals surface area contributed by atoms with E-state index in [9.17, 15) is 0 Å². The average Bonchev–Trinajstić information content (AvgIpc) is 2.68. The quantitative estimate of drug-likeness (QED) is 0.830. The van der Waals surface area contributed by atoms with Crippen molar-refractivity contribution in [3.8, 4) is 0 Å². The second-order valence-electron chi connectivity index (χ2n) is 3.61. The molecule has 0 bridgehead atoms. The molecule has 1 aromatic heterocycles. The van der Waals surface area contributed by atoms with Gasteiger partial charge >= 0.3 is 0 Å². The third kappa shape index (κ3) is 2.91. The predicted octanol–water partition coefficient (Wildman–Crippen LogP) is 3.06. The van der Waals surface area contributed by atoms with Crippen molar-refractivity contribution in [1.82, 2.24) is 5.32 Å². The summed E-state index contributed by atoms with van der Waals surface area (Å²) in [5.74, 6) is 0. The highest BCUT2D eigenvalue weighted by atomic mass is 32.1. The third-order valence-electron chi connectivity index (χ3n) is 2.31. The van der Waals surface area contributed by atoms with Crippen molar-refractivity contribution >= 4 is 11.3 Å². The first-order valence-corrected chi connectivity index (χ1v) is 6.01. The van der Waals surface area contributed by atoms with Crippen LogP contribution in [0.25, 0.3) is 0 Å². The highest BCUT2D eigenvalue weighted by Gasteiger charge is 2.00. The van der Waals surface area contributed by atoms with Gasteiger partial charge in [0.1, 0.15) is 0 Å². The fourth-order valence-electron chi connectivity index (χ4n) is 1.61. The van der Waals surface area contributed by atoms with E-state index >= 15 is 0 Å². The Labute approximate surface area is 94.8 Å². The standard InChI is InChI=1S/C13H15NS/c1-14-9-12-8-13(15-10-12)7-11-5-3-2-4-6-11/h2-6,8,10,14H,7,9H2,1H3. The van der Waals surface area contributed by atoms with Crippen LogP contribution in [0.5, 0.6) is 0 Å². The average molecular weight is 217 g/mol. The minimum atomic E-state index is 0.964. The molecule has 0 spiro atoms. The monoisotopic (exact) mass is 217 g/mol. The van der Waals surface area contributed by atoms with Crippen molar-refractivity contribution in [3.63, 3.8) is 0 Å². The van der Waals surface area contributed by atoms with Gasteiger partial charge in [-0.2, -0.15) is 0 Å². The molecular formula is C13H15NS. The second kappa shape index (κ2) is 5.10. The van der Waals surface area contributed by atoms with Crippen molar-refractivity contribution in [2.24, 2.45) is 0 Å². The lowest BCUT2D eigenvalue weighted by atomic mass is 10.1. The van der Waals surface area contributed by atoms with E-state index in [0.29, 0.717) is 0 Å². The Morgan fingerprint density at radius 2 is 1.93 bits per heavy atom. The summed E-state index contributed by atoms with van der Waals surface area (Å²) in [6.45, 7) is 0.964. The molecule has 0 aliphatic carbocycles. The molecule has 2 rings (SSSR count). The van der Waals surface area contributed by atoms with Gasteiger partial charge in [-0.05, 0) is 29.6 Å². The van der Waals surface area contributed by atoms with Crippen LogP contribution in [0.1, 0.15) is 16.0 Å². The van der Waals surface area contributed by atoms with E-state index in [1.54, 1.807) is 0 Å². The van der Waals surface area contributed by atoms with Crippen LogP contribution >= 0.6 is 11.3 Å². The Kier molecular flexibility index (Phi) is 3.54. The lowest BCUT2D eigenvalue weighted by Crippen LogP contribution is -2.03. The zero-order valence-electron chi connectivity index (χ0n) is 8.86. The maximum absolute atomic E-state index is 3.17. The molecule has 2 aromatic rings. The van der Waals surface area contributed by atoms with Gasteiger partial charge in [0.2, 0.25) is 0 Å². The lowest BCUT2D eigenvalue weighted by Gasteiger charge is -1.97. The van der Waals surface area contributed by atoms with E-state index in [4.69, 9.17) is 0 Å². The molecule has 0 unspecified atom stereocenters. The molecule has 2 heteroatoms. The van der Waals surface area contributed by atoms with Crippen molar-refractivity contribution in [2.75, 3.05) is 7.05 Å². The minimum absolute atomic E-state index is 0.964. The van der Waals surface area contributed by atoms with Gasteiger partial charge in [-0.25, -0.2) is 0 Å². The Morgan fingerprint density at radius 1 is 1.13 bits per heavy atom. The van der Waals surface area contributed by atoms with E-state index in [2.05, 4.69) is 47.1 Å². The van der Waals surface area contributed by atoms with Crippen LogP contribution in [0.4, 0.5) is 0 Å². The van der Waals surface area contributed by atoms with Crippen molar-refractivity contribution in [3.05, 3.63) is 57.8 Å². The molecule has 0 amide bonds. The molecule has 15 heavy (non-hydrogen) atoms. The Morgan fingerprint density at radius 3 is 2.67 bits per heavy atom. The van der Waals surface area contributed by atoms with Crippen molar-refractivity contribution < 1.29 is 0 Å². The molecule has 1 heterocycles. The molecule has 0 aliphatic heterocycles. The molecule has 78 valence electrons. The van der Waals surface area contributed by atoms with Crippen molar-refractivity contribution in [2.45, 2.75) is 13.0 Å². The summed E-state index contributed by atoms with van der Waals surface area (Å²) in [7, 11) is 1.98. The number of thiophene rings is 1. The highest BCUT2D eigenvalue weighted by molar-refractivity contribution is 7.10. The first-order chi connectivity index (χ1) is 7.38. The Balaban J connectivity index is 2.05. The van der Waals surface area contributed by atoms with E-state index in [1.165, 1.54) is 16.0 Å². The summed E-state index contributed by atoms with van der Waals surface area (Å²) in [6, 6.07) is 12.9. The molecule has 1 N–H and O–H groups in total. The zero-order chi connectivity index (χ0) is 10.5. The van der Waals surface area contributed by atoms with Gasteiger partial charge < -0.3 is 5.32 Å². The largest absolute Gasteiger partial charge is 0.316 e. The topological polar surface area (TPSA) is 12.0 Å². The Bertz CT molecular complexity index is 405. The third-order valence-corrected chi connectivity index (χ3v) is 3.30. The number of hydrogen-bond acceptors (Lipinski definition) is 2.